The van der Waals surface area contributed by atoms with Gasteiger partial charge in [0.2, 0.25) is 5.91 Å². The molecule has 1 aromatic carbocycles. The number of carbonyl (C=O) groups is 1. The summed E-state index contributed by atoms with van der Waals surface area (Å²) in [5, 5.41) is 3.16. The lowest BCUT2D eigenvalue weighted by Gasteiger charge is -2.20. The number of H-pyrrole nitrogens is 1. The van der Waals surface area contributed by atoms with Crippen LogP contribution in [0.3, 0.4) is 0 Å². The summed E-state index contributed by atoms with van der Waals surface area (Å²) in [5.74, 6) is 1.21. The van der Waals surface area contributed by atoms with E-state index in [1.807, 2.05) is 36.4 Å². The molecule has 0 saturated carbocycles. The number of rotatable bonds is 9. The van der Waals surface area contributed by atoms with Gasteiger partial charge in [-0.2, -0.15) is 0 Å². The fraction of sp³-hybridized carbons (Fsp3) is 0.429. The zero-order valence-corrected chi connectivity index (χ0v) is 15.6. The standard InChI is InChI=1S/C21H28N4O/c1-16(2)20(21-22-17-10-5-6-11-18(17)23-21)24-19(26)12-4-3-7-13-25-14-8-9-15-25/h5-6,8-11,14-16,20H,3-4,7,12-13H2,1-2H3,(H,22,23)(H,24,26)/t20-/m0/s1. The molecule has 0 radical (unpaired) electrons. The summed E-state index contributed by atoms with van der Waals surface area (Å²) < 4.78 is 2.18. The van der Waals surface area contributed by atoms with Crippen molar-refractivity contribution in [2.24, 2.45) is 5.92 Å². The van der Waals surface area contributed by atoms with Crippen LogP contribution in [-0.2, 0) is 11.3 Å². The molecule has 0 unspecified atom stereocenters. The van der Waals surface area contributed by atoms with E-state index < -0.39 is 0 Å². The summed E-state index contributed by atoms with van der Waals surface area (Å²) >= 11 is 0. The number of aromatic nitrogens is 3. The fourth-order valence-corrected chi connectivity index (χ4v) is 3.19. The molecule has 0 spiro atoms. The zero-order valence-electron chi connectivity index (χ0n) is 15.6. The third-order valence-electron chi connectivity index (χ3n) is 4.67. The van der Waals surface area contributed by atoms with E-state index in [1.54, 1.807) is 0 Å². The van der Waals surface area contributed by atoms with Gasteiger partial charge in [0.05, 0.1) is 17.1 Å². The molecular formula is C21H28N4O. The second-order valence-corrected chi connectivity index (χ2v) is 7.16. The van der Waals surface area contributed by atoms with E-state index in [4.69, 9.17) is 0 Å². The lowest BCUT2D eigenvalue weighted by atomic mass is 10.0. The van der Waals surface area contributed by atoms with Crippen LogP contribution in [0.25, 0.3) is 11.0 Å². The number of aromatic amines is 1. The number of hydrogen-bond donors (Lipinski definition) is 2. The number of aryl methyl sites for hydroxylation is 1. The lowest BCUT2D eigenvalue weighted by Crippen LogP contribution is -2.32. The molecule has 0 aliphatic rings. The van der Waals surface area contributed by atoms with Gasteiger partial charge in [-0.25, -0.2) is 4.98 Å². The first kappa shape index (κ1) is 18.2. The molecule has 3 aromatic rings. The van der Waals surface area contributed by atoms with Crippen molar-refractivity contribution < 1.29 is 4.79 Å². The first-order valence-electron chi connectivity index (χ1n) is 9.48. The average molecular weight is 352 g/mol. The van der Waals surface area contributed by atoms with E-state index in [2.05, 4.69) is 46.1 Å². The SMILES string of the molecule is CC(C)[C@H](NC(=O)CCCCCn1cccc1)c1nc2ccccc2[nH]1. The lowest BCUT2D eigenvalue weighted by molar-refractivity contribution is -0.122. The first-order valence-corrected chi connectivity index (χ1v) is 9.48. The molecule has 2 aromatic heterocycles. The maximum Gasteiger partial charge on any atom is 0.220 e. The number of fused-ring (bicyclic) bond motifs is 1. The largest absolute Gasteiger partial charge is 0.354 e. The molecule has 0 saturated heterocycles. The molecule has 0 fully saturated rings. The van der Waals surface area contributed by atoms with Crippen LogP contribution in [0.15, 0.2) is 48.8 Å². The van der Waals surface area contributed by atoms with Crippen molar-refractivity contribution in [2.75, 3.05) is 0 Å². The molecule has 3 rings (SSSR count). The molecule has 2 N–H and O–H groups in total. The van der Waals surface area contributed by atoms with Crippen molar-refractivity contribution in [3.05, 3.63) is 54.6 Å². The third-order valence-corrected chi connectivity index (χ3v) is 4.67. The molecule has 1 amide bonds. The highest BCUT2D eigenvalue weighted by atomic mass is 16.1. The molecule has 0 aliphatic heterocycles. The molecule has 26 heavy (non-hydrogen) atoms. The molecule has 0 aliphatic carbocycles. The Bertz CT molecular complexity index is 787. The molecule has 0 bridgehead atoms. The Morgan fingerprint density at radius 3 is 2.62 bits per heavy atom. The Labute approximate surface area is 154 Å². The van der Waals surface area contributed by atoms with E-state index in [0.717, 1.165) is 42.7 Å². The number of para-hydroxylation sites is 2. The second-order valence-electron chi connectivity index (χ2n) is 7.16. The van der Waals surface area contributed by atoms with Gasteiger partial charge in [-0.15, -0.1) is 0 Å². The smallest absolute Gasteiger partial charge is 0.220 e. The predicted molar refractivity (Wildman–Crippen MR) is 105 cm³/mol. The van der Waals surface area contributed by atoms with Crippen molar-refractivity contribution in [3.63, 3.8) is 0 Å². The minimum Gasteiger partial charge on any atom is -0.354 e. The summed E-state index contributed by atoms with van der Waals surface area (Å²) in [4.78, 5) is 20.4. The van der Waals surface area contributed by atoms with Crippen LogP contribution in [0, 0.1) is 5.92 Å². The Morgan fingerprint density at radius 2 is 1.88 bits per heavy atom. The topological polar surface area (TPSA) is 62.7 Å². The Balaban J connectivity index is 1.48. The summed E-state index contributed by atoms with van der Waals surface area (Å²) in [5.41, 5.74) is 1.94. The van der Waals surface area contributed by atoms with Crippen LogP contribution in [0.5, 0.6) is 0 Å². The number of benzene rings is 1. The second kappa shape index (κ2) is 8.70. The van der Waals surface area contributed by atoms with Gasteiger partial charge in [0.15, 0.2) is 0 Å². The van der Waals surface area contributed by atoms with Gasteiger partial charge in [-0.3, -0.25) is 4.79 Å². The van der Waals surface area contributed by atoms with E-state index in [0.29, 0.717) is 6.42 Å². The van der Waals surface area contributed by atoms with E-state index in [-0.39, 0.29) is 17.9 Å². The van der Waals surface area contributed by atoms with Crippen LogP contribution in [-0.4, -0.2) is 20.4 Å². The Kier molecular flexibility index (Phi) is 6.10. The van der Waals surface area contributed by atoms with Crippen LogP contribution >= 0.6 is 0 Å². The normalized spacial score (nSPS) is 12.6. The minimum absolute atomic E-state index is 0.0882. The average Bonchev–Trinajstić information content (AvgIpc) is 3.28. The Morgan fingerprint density at radius 1 is 1.12 bits per heavy atom. The van der Waals surface area contributed by atoms with E-state index >= 15 is 0 Å². The van der Waals surface area contributed by atoms with Gasteiger partial charge in [0.1, 0.15) is 5.82 Å². The molecule has 138 valence electrons. The molecule has 5 nitrogen and oxygen atoms in total. The van der Waals surface area contributed by atoms with Crippen molar-refractivity contribution in [1.29, 1.82) is 0 Å². The maximum atomic E-state index is 12.4. The highest BCUT2D eigenvalue weighted by Crippen LogP contribution is 2.22. The highest BCUT2D eigenvalue weighted by Gasteiger charge is 2.21. The number of hydrogen-bond acceptors (Lipinski definition) is 2. The van der Waals surface area contributed by atoms with Gasteiger partial charge in [0, 0.05) is 25.4 Å². The maximum absolute atomic E-state index is 12.4. The van der Waals surface area contributed by atoms with Gasteiger partial charge in [-0.1, -0.05) is 32.4 Å². The van der Waals surface area contributed by atoms with Crippen LogP contribution in [0.2, 0.25) is 0 Å². The minimum atomic E-state index is -0.0882. The van der Waals surface area contributed by atoms with Gasteiger partial charge < -0.3 is 14.9 Å². The predicted octanol–water partition coefficient (Wildman–Crippen LogP) is 4.44. The van der Waals surface area contributed by atoms with Gasteiger partial charge in [-0.05, 0) is 43.0 Å². The number of nitrogens with zero attached hydrogens (tertiary/aromatic N) is 2. The summed E-state index contributed by atoms with van der Waals surface area (Å²) in [6, 6.07) is 11.9. The van der Waals surface area contributed by atoms with Crippen molar-refractivity contribution in [2.45, 2.75) is 52.1 Å². The molecule has 1 atom stereocenters. The fourth-order valence-electron chi connectivity index (χ4n) is 3.19. The van der Waals surface area contributed by atoms with Crippen molar-refractivity contribution in [3.8, 4) is 0 Å². The number of amides is 1. The summed E-state index contributed by atoms with van der Waals surface area (Å²) in [6.45, 7) is 5.23. The molecule has 5 heteroatoms. The number of nitrogens with one attached hydrogen (secondary N) is 2. The third kappa shape index (κ3) is 4.75. The van der Waals surface area contributed by atoms with Crippen LogP contribution in [0.4, 0.5) is 0 Å². The van der Waals surface area contributed by atoms with Crippen molar-refractivity contribution >= 4 is 16.9 Å². The van der Waals surface area contributed by atoms with E-state index in [9.17, 15) is 4.79 Å². The number of carbonyl (C=O) groups excluding carboxylic acids is 1. The number of unbranched alkanes of at least 4 members (excludes halogenated alkanes) is 2. The first-order chi connectivity index (χ1) is 12.6. The summed E-state index contributed by atoms with van der Waals surface area (Å²) in [7, 11) is 0. The molecular weight excluding hydrogens is 324 g/mol. The quantitative estimate of drug-likeness (QED) is 0.559. The monoisotopic (exact) mass is 352 g/mol. The van der Waals surface area contributed by atoms with Crippen LogP contribution in [0.1, 0.15) is 51.4 Å². The van der Waals surface area contributed by atoms with E-state index in [1.165, 1.54) is 0 Å². The van der Waals surface area contributed by atoms with Gasteiger partial charge >= 0.3 is 0 Å². The zero-order chi connectivity index (χ0) is 18.4. The van der Waals surface area contributed by atoms with Crippen molar-refractivity contribution in [1.82, 2.24) is 19.9 Å². The number of imidazole rings is 1. The molecule has 2 heterocycles. The Hall–Kier alpha value is -2.56. The summed E-state index contributed by atoms with van der Waals surface area (Å²) in [6.07, 6.45) is 7.79. The van der Waals surface area contributed by atoms with Crippen LogP contribution < -0.4 is 5.32 Å². The highest BCUT2D eigenvalue weighted by molar-refractivity contribution is 5.77. The van der Waals surface area contributed by atoms with Gasteiger partial charge in [0.25, 0.3) is 0 Å².